The summed E-state index contributed by atoms with van der Waals surface area (Å²) in [7, 11) is 1.77. The van der Waals surface area contributed by atoms with E-state index in [1.165, 1.54) is 4.57 Å². The molecule has 2 aromatic heterocycles. The summed E-state index contributed by atoms with van der Waals surface area (Å²) in [6.07, 6.45) is 0.178. The molecule has 4 rings (SSSR count). The van der Waals surface area contributed by atoms with Gasteiger partial charge in [0.2, 0.25) is 5.91 Å². The molecular formula is C24H25N5O2S. The summed E-state index contributed by atoms with van der Waals surface area (Å²) in [4.78, 5) is 30.4. The average molecular weight is 448 g/mol. The minimum atomic E-state index is -0.185. The van der Waals surface area contributed by atoms with E-state index in [9.17, 15) is 9.59 Å². The lowest BCUT2D eigenvalue weighted by atomic mass is 10.2. The number of aromatic amines is 1. The van der Waals surface area contributed by atoms with Crippen LogP contribution in [0.3, 0.4) is 0 Å². The molecule has 32 heavy (non-hydrogen) atoms. The van der Waals surface area contributed by atoms with Gasteiger partial charge in [0.15, 0.2) is 4.77 Å². The largest absolute Gasteiger partial charge is 0.341 e. The molecule has 0 saturated carbocycles. The Bertz CT molecular complexity index is 1400. The average Bonchev–Trinajstić information content (AvgIpc) is 3.07. The number of rotatable bonds is 6. The summed E-state index contributed by atoms with van der Waals surface area (Å²) in [6, 6.07) is 17.1. The Kier molecular flexibility index (Phi) is 6.05. The van der Waals surface area contributed by atoms with Gasteiger partial charge in [0.1, 0.15) is 0 Å². The van der Waals surface area contributed by atoms with E-state index in [2.05, 4.69) is 10.1 Å². The van der Waals surface area contributed by atoms with Crippen molar-refractivity contribution in [3.63, 3.8) is 0 Å². The highest BCUT2D eigenvalue weighted by molar-refractivity contribution is 7.71. The van der Waals surface area contributed by atoms with Crippen molar-refractivity contribution in [3.05, 3.63) is 86.7 Å². The molecule has 0 aliphatic carbocycles. The quantitative estimate of drug-likeness (QED) is 0.455. The summed E-state index contributed by atoms with van der Waals surface area (Å²) >= 11 is 5.34. The fourth-order valence-corrected chi connectivity index (χ4v) is 4.13. The molecule has 7 nitrogen and oxygen atoms in total. The second kappa shape index (κ2) is 8.92. The molecule has 0 radical (unpaired) electrons. The molecule has 4 aromatic rings. The first-order valence-electron chi connectivity index (χ1n) is 10.4. The van der Waals surface area contributed by atoms with Crippen LogP contribution in [-0.2, 0) is 17.9 Å². The van der Waals surface area contributed by atoms with Gasteiger partial charge in [0, 0.05) is 37.8 Å². The molecule has 2 heterocycles. The number of fused-ring (bicyclic) bond motifs is 1. The maximum atomic E-state index is 12.8. The SMILES string of the molecule is Cc1nn(-c2ccccc2)c(C)c1CN(C)C(=O)CCn1c(=S)[nH]c2ccccc2c1=O. The normalized spacial score (nSPS) is 11.1. The topological polar surface area (TPSA) is 75.9 Å². The molecule has 0 spiro atoms. The number of nitrogens with one attached hydrogen (secondary N) is 1. The van der Waals surface area contributed by atoms with Crippen LogP contribution in [-0.4, -0.2) is 37.2 Å². The van der Waals surface area contributed by atoms with E-state index in [1.54, 1.807) is 18.0 Å². The van der Waals surface area contributed by atoms with Crippen molar-refractivity contribution in [1.29, 1.82) is 0 Å². The smallest absolute Gasteiger partial charge is 0.262 e. The van der Waals surface area contributed by atoms with Gasteiger partial charge in [0.25, 0.3) is 5.56 Å². The van der Waals surface area contributed by atoms with E-state index in [4.69, 9.17) is 12.2 Å². The van der Waals surface area contributed by atoms with E-state index in [-0.39, 0.29) is 24.4 Å². The number of carbonyl (C=O) groups is 1. The standard InChI is InChI=1S/C24H25N5O2S/c1-16-20(17(2)29(26-16)18-9-5-4-6-10-18)15-27(3)22(30)13-14-28-23(31)19-11-7-8-12-21(19)25-24(28)32/h4-12H,13-15H2,1-3H3,(H,25,32). The van der Waals surface area contributed by atoms with Gasteiger partial charge < -0.3 is 9.88 Å². The van der Waals surface area contributed by atoms with Crippen molar-refractivity contribution >= 4 is 29.0 Å². The van der Waals surface area contributed by atoms with Crippen LogP contribution in [0.5, 0.6) is 0 Å². The Morgan fingerprint density at radius 1 is 1.09 bits per heavy atom. The van der Waals surface area contributed by atoms with Crippen molar-refractivity contribution in [2.75, 3.05) is 7.05 Å². The number of H-pyrrole nitrogens is 1. The molecule has 8 heteroatoms. The first-order chi connectivity index (χ1) is 15.4. The first-order valence-corrected chi connectivity index (χ1v) is 10.8. The number of hydrogen-bond acceptors (Lipinski definition) is 4. The number of carbonyl (C=O) groups excluding carboxylic acids is 1. The summed E-state index contributed by atoms with van der Waals surface area (Å²) < 4.78 is 3.67. The Labute approximate surface area is 190 Å². The van der Waals surface area contributed by atoms with Gasteiger partial charge >= 0.3 is 0 Å². The zero-order valence-corrected chi connectivity index (χ0v) is 19.1. The van der Waals surface area contributed by atoms with E-state index in [1.807, 2.05) is 67.1 Å². The van der Waals surface area contributed by atoms with Crippen LogP contribution >= 0.6 is 12.2 Å². The molecule has 1 N–H and O–H groups in total. The molecule has 164 valence electrons. The lowest BCUT2D eigenvalue weighted by molar-refractivity contribution is -0.130. The van der Waals surface area contributed by atoms with Crippen LogP contribution in [0.4, 0.5) is 0 Å². The van der Waals surface area contributed by atoms with Crippen LogP contribution in [0.2, 0.25) is 0 Å². The lowest BCUT2D eigenvalue weighted by Crippen LogP contribution is -2.30. The zero-order chi connectivity index (χ0) is 22.8. The Balaban J connectivity index is 1.49. The lowest BCUT2D eigenvalue weighted by Gasteiger charge is -2.18. The van der Waals surface area contributed by atoms with Gasteiger partial charge in [-0.15, -0.1) is 0 Å². The van der Waals surface area contributed by atoms with Crippen molar-refractivity contribution in [2.45, 2.75) is 33.4 Å². The maximum absolute atomic E-state index is 12.8. The fraction of sp³-hybridized carbons (Fsp3) is 0.250. The third-order valence-corrected chi connectivity index (χ3v) is 6.02. The molecule has 0 aliphatic heterocycles. The summed E-state index contributed by atoms with van der Waals surface area (Å²) in [5, 5.41) is 5.21. The van der Waals surface area contributed by atoms with Gasteiger partial charge in [-0.25, -0.2) is 4.68 Å². The summed E-state index contributed by atoms with van der Waals surface area (Å²) in [5.41, 5.74) is 4.41. The predicted molar refractivity (Wildman–Crippen MR) is 128 cm³/mol. The second-order valence-corrected chi connectivity index (χ2v) is 8.22. The molecule has 0 aliphatic rings. The highest BCUT2D eigenvalue weighted by Crippen LogP contribution is 2.19. The number of aromatic nitrogens is 4. The number of hydrogen-bond donors (Lipinski definition) is 1. The number of benzene rings is 2. The van der Waals surface area contributed by atoms with Crippen LogP contribution in [0, 0.1) is 18.6 Å². The van der Waals surface area contributed by atoms with Gasteiger partial charge in [0.05, 0.1) is 22.3 Å². The molecular weight excluding hydrogens is 422 g/mol. The van der Waals surface area contributed by atoms with Gasteiger partial charge in [-0.05, 0) is 50.3 Å². The van der Waals surface area contributed by atoms with E-state index in [0.29, 0.717) is 22.2 Å². The van der Waals surface area contributed by atoms with Gasteiger partial charge in [-0.1, -0.05) is 30.3 Å². The minimum Gasteiger partial charge on any atom is -0.341 e. The van der Waals surface area contributed by atoms with Crippen molar-refractivity contribution < 1.29 is 4.79 Å². The highest BCUT2D eigenvalue weighted by atomic mass is 32.1. The van der Waals surface area contributed by atoms with Gasteiger partial charge in [-0.2, -0.15) is 5.10 Å². The number of nitrogens with zero attached hydrogens (tertiary/aromatic N) is 4. The van der Waals surface area contributed by atoms with Crippen LogP contribution < -0.4 is 5.56 Å². The first kappa shape index (κ1) is 21.7. The zero-order valence-electron chi connectivity index (χ0n) is 18.3. The van der Waals surface area contributed by atoms with E-state index >= 15 is 0 Å². The molecule has 0 bridgehead atoms. The Morgan fingerprint density at radius 3 is 2.53 bits per heavy atom. The minimum absolute atomic E-state index is 0.0641. The second-order valence-electron chi connectivity index (χ2n) is 7.83. The van der Waals surface area contributed by atoms with Crippen molar-refractivity contribution in [2.24, 2.45) is 0 Å². The molecule has 0 unspecified atom stereocenters. The molecule has 1 amide bonds. The third-order valence-electron chi connectivity index (χ3n) is 5.70. The van der Waals surface area contributed by atoms with Crippen molar-refractivity contribution in [1.82, 2.24) is 24.2 Å². The highest BCUT2D eigenvalue weighted by Gasteiger charge is 2.17. The van der Waals surface area contributed by atoms with Crippen molar-refractivity contribution in [3.8, 4) is 5.69 Å². The molecule has 0 atom stereocenters. The predicted octanol–water partition coefficient (Wildman–Crippen LogP) is 3.91. The Hall–Kier alpha value is -3.52. The van der Waals surface area contributed by atoms with Crippen LogP contribution in [0.25, 0.3) is 16.6 Å². The van der Waals surface area contributed by atoms with E-state index in [0.717, 1.165) is 22.6 Å². The monoisotopic (exact) mass is 447 g/mol. The van der Waals surface area contributed by atoms with Gasteiger partial charge in [-0.3, -0.25) is 14.2 Å². The number of aryl methyl sites for hydroxylation is 1. The summed E-state index contributed by atoms with van der Waals surface area (Å²) in [6.45, 7) is 4.63. The van der Waals surface area contributed by atoms with Crippen LogP contribution in [0.15, 0.2) is 59.4 Å². The van der Waals surface area contributed by atoms with Crippen LogP contribution in [0.1, 0.15) is 23.4 Å². The third kappa shape index (κ3) is 4.13. The fourth-order valence-electron chi connectivity index (χ4n) is 3.85. The number of amides is 1. The maximum Gasteiger partial charge on any atom is 0.262 e. The molecule has 0 saturated heterocycles. The molecule has 2 aromatic carbocycles. The summed E-state index contributed by atoms with van der Waals surface area (Å²) in [5.74, 6) is -0.0641. The number of para-hydroxylation sites is 2. The van der Waals surface area contributed by atoms with E-state index < -0.39 is 0 Å². The Morgan fingerprint density at radius 2 is 1.78 bits per heavy atom. The molecule has 0 fully saturated rings.